The molecule has 16 heavy (non-hydrogen) atoms. The van der Waals surface area contributed by atoms with Crippen LogP contribution in [0.1, 0.15) is 52.9 Å². The van der Waals surface area contributed by atoms with Gasteiger partial charge in [-0.15, -0.1) is 0 Å². The molecule has 94 valence electrons. The Morgan fingerprint density at radius 1 is 1.31 bits per heavy atom. The third kappa shape index (κ3) is 1.50. The first-order chi connectivity index (χ1) is 7.30. The van der Waals surface area contributed by atoms with E-state index in [1.165, 1.54) is 0 Å². The fourth-order valence-electron chi connectivity index (χ4n) is 3.50. The molecule has 2 fully saturated rings. The zero-order valence-corrected chi connectivity index (χ0v) is 10.3. The van der Waals surface area contributed by atoms with Crippen molar-refractivity contribution in [2.45, 2.75) is 65.0 Å². The van der Waals surface area contributed by atoms with Gasteiger partial charge in [-0.1, -0.05) is 27.2 Å². The molecule has 2 atom stereocenters. The Hall–Kier alpha value is -0.210. The van der Waals surface area contributed by atoms with E-state index in [4.69, 9.17) is 0 Å². The Labute approximate surface area is 95.6 Å². The highest BCUT2D eigenvalue weighted by Gasteiger charge is 2.71. The molecule has 0 aromatic carbocycles. The summed E-state index contributed by atoms with van der Waals surface area (Å²) in [6.45, 7) is 5.63. The Bertz CT molecular complexity index is 281. The summed E-state index contributed by atoms with van der Waals surface area (Å²) in [4.78, 5) is 0. The van der Waals surface area contributed by atoms with Crippen LogP contribution in [0.2, 0.25) is 0 Å². The molecule has 0 heterocycles. The molecule has 0 bridgehead atoms. The molecule has 0 N–H and O–H groups in total. The lowest BCUT2D eigenvalue weighted by Gasteiger charge is -2.35. The Morgan fingerprint density at radius 3 is 2.25 bits per heavy atom. The molecule has 0 aromatic heterocycles. The second kappa shape index (κ2) is 3.39. The summed E-state index contributed by atoms with van der Waals surface area (Å²) in [7, 11) is 0. The smallest absolute Gasteiger partial charge is 0.244 e. The van der Waals surface area contributed by atoms with Crippen LogP contribution in [0.4, 0.5) is 13.2 Å². The van der Waals surface area contributed by atoms with Gasteiger partial charge < -0.3 is 0 Å². The van der Waals surface area contributed by atoms with Gasteiger partial charge in [0.15, 0.2) is 0 Å². The molecule has 0 spiro atoms. The summed E-state index contributed by atoms with van der Waals surface area (Å²) >= 11 is 0. The summed E-state index contributed by atoms with van der Waals surface area (Å²) < 4.78 is 40.4. The van der Waals surface area contributed by atoms with Crippen LogP contribution < -0.4 is 0 Å². The van der Waals surface area contributed by atoms with E-state index in [0.29, 0.717) is 25.7 Å². The third-order valence-corrected chi connectivity index (χ3v) is 5.03. The van der Waals surface area contributed by atoms with Crippen LogP contribution in [0.3, 0.4) is 0 Å². The zero-order valence-electron chi connectivity index (χ0n) is 10.3. The quantitative estimate of drug-likeness (QED) is 0.653. The van der Waals surface area contributed by atoms with Crippen LogP contribution in [0.25, 0.3) is 0 Å². The van der Waals surface area contributed by atoms with Crippen LogP contribution in [0.5, 0.6) is 0 Å². The molecule has 3 heteroatoms. The highest BCUT2D eigenvalue weighted by Crippen LogP contribution is 2.72. The molecule has 0 nitrogen and oxygen atoms in total. The predicted octanol–water partition coefficient (Wildman–Crippen LogP) is 4.59. The van der Waals surface area contributed by atoms with Gasteiger partial charge in [-0.3, -0.25) is 0 Å². The Balaban J connectivity index is 2.11. The summed E-state index contributed by atoms with van der Waals surface area (Å²) in [5.74, 6) is -0.156. The van der Waals surface area contributed by atoms with Crippen LogP contribution in [-0.2, 0) is 0 Å². The largest absolute Gasteiger partial charge is 0.244 e. The minimum Gasteiger partial charge on any atom is -0.244 e. The van der Waals surface area contributed by atoms with Crippen molar-refractivity contribution in [3.05, 3.63) is 0 Å². The van der Waals surface area contributed by atoms with Crippen molar-refractivity contribution in [1.82, 2.24) is 0 Å². The van der Waals surface area contributed by atoms with Gasteiger partial charge in [0, 0.05) is 11.3 Å². The first-order valence-electron chi connectivity index (χ1n) is 6.27. The minimum atomic E-state index is -2.30. The standard InChI is InChI=1S/C13H21F3/c1-4-5-13(16)8-9(13)11(2,3)12(6-7-12)10(14)15/h9-10H,4-8H2,1-3H3. The van der Waals surface area contributed by atoms with Crippen LogP contribution >= 0.6 is 0 Å². The van der Waals surface area contributed by atoms with Crippen molar-refractivity contribution < 1.29 is 13.2 Å². The first-order valence-corrected chi connectivity index (χ1v) is 6.27. The maximum absolute atomic E-state index is 14.2. The molecule has 0 radical (unpaired) electrons. The van der Waals surface area contributed by atoms with E-state index in [-0.39, 0.29) is 5.92 Å². The summed E-state index contributed by atoms with van der Waals surface area (Å²) in [6.07, 6.45) is 0.647. The fourth-order valence-corrected chi connectivity index (χ4v) is 3.50. The van der Waals surface area contributed by atoms with E-state index in [9.17, 15) is 13.2 Å². The molecular weight excluding hydrogens is 213 g/mol. The van der Waals surface area contributed by atoms with Crippen molar-refractivity contribution in [2.75, 3.05) is 0 Å². The van der Waals surface area contributed by atoms with Gasteiger partial charge in [0.1, 0.15) is 5.67 Å². The number of halogens is 3. The molecule has 0 aromatic rings. The van der Waals surface area contributed by atoms with Crippen molar-refractivity contribution in [3.63, 3.8) is 0 Å². The fraction of sp³-hybridized carbons (Fsp3) is 1.00. The molecule has 2 aliphatic carbocycles. The average molecular weight is 234 g/mol. The molecule has 2 aliphatic rings. The lowest BCUT2D eigenvalue weighted by atomic mass is 9.71. The van der Waals surface area contributed by atoms with E-state index >= 15 is 0 Å². The van der Waals surface area contributed by atoms with Crippen LogP contribution in [0.15, 0.2) is 0 Å². The molecule has 2 saturated carbocycles. The second-order valence-electron chi connectivity index (χ2n) is 6.22. The maximum Gasteiger partial charge on any atom is 0.244 e. The van der Waals surface area contributed by atoms with Crippen LogP contribution in [-0.4, -0.2) is 12.1 Å². The van der Waals surface area contributed by atoms with Gasteiger partial charge >= 0.3 is 0 Å². The van der Waals surface area contributed by atoms with Crippen molar-refractivity contribution in [2.24, 2.45) is 16.7 Å². The number of alkyl halides is 3. The molecule has 2 rings (SSSR count). The summed E-state index contributed by atoms with van der Waals surface area (Å²) in [6, 6.07) is 0. The van der Waals surface area contributed by atoms with E-state index in [1.807, 2.05) is 20.8 Å². The highest BCUT2D eigenvalue weighted by molar-refractivity contribution is 5.18. The van der Waals surface area contributed by atoms with Gasteiger partial charge in [0.05, 0.1) is 0 Å². The third-order valence-electron chi connectivity index (χ3n) is 5.03. The molecule has 2 unspecified atom stereocenters. The van der Waals surface area contributed by atoms with E-state index < -0.39 is 22.9 Å². The lowest BCUT2D eigenvalue weighted by molar-refractivity contribution is -0.0323. The van der Waals surface area contributed by atoms with E-state index in [1.54, 1.807) is 0 Å². The second-order valence-corrected chi connectivity index (χ2v) is 6.22. The Kier molecular flexibility index (Phi) is 2.60. The average Bonchev–Trinajstić information content (AvgIpc) is 2.98. The lowest BCUT2D eigenvalue weighted by Crippen LogP contribution is -2.36. The molecule has 0 amide bonds. The highest BCUT2D eigenvalue weighted by atomic mass is 19.3. The van der Waals surface area contributed by atoms with E-state index in [0.717, 1.165) is 6.42 Å². The monoisotopic (exact) mass is 234 g/mol. The number of rotatable bonds is 5. The Morgan fingerprint density at radius 2 is 1.88 bits per heavy atom. The molecule has 0 saturated heterocycles. The van der Waals surface area contributed by atoms with Crippen molar-refractivity contribution >= 4 is 0 Å². The number of hydrogen-bond acceptors (Lipinski definition) is 0. The summed E-state index contributed by atoms with van der Waals surface area (Å²) in [5.41, 5.74) is -2.59. The first kappa shape index (κ1) is 12.3. The van der Waals surface area contributed by atoms with Gasteiger partial charge in [-0.05, 0) is 31.1 Å². The van der Waals surface area contributed by atoms with E-state index in [2.05, 4.69) is 0 Å². The van der Waals surface area contributed by atoms with Gasteiger partial charge in [0.2, 0.25) is 6.43 Å². The van der Waals surface area contributed by atoms with Gasteiger partial charge in [-0.2, -0.15) is 0 Å². The number of hydrogen-bond donors (Lipinski definition) is 0. The normalized spacial score (nSPS) is 36.6. The summed E-state index contributed by atoms with van der Waals surface area (Å²) in [5, 5.41) is 0. The van der Waals surface area contributed by atoms with Crippen molar-refractivity contribution in [1.29, 1.82) is 0 Å². The minimum absolute atomic E-state index is 0.156. The predicted molar refractivity (Wildman–Crippen MR) is 58.3 cm³/mol. The maximum atomic E-state index is 14.2. The SMILES string of the molecule is CCCC1(F)CC1C(C)(C)C1(C(F)F)CC1. The van der Waals surface area contributed by atoms with Crippen LogP contribution in [0, 0.1) is 16.7 Å². The van der Waals surface area contributed by atoms with Gasteiger partial charge in [0.25, 0.3) is 0 Å². The van der Waals surface area contributed by atoms with Gasteiger partial charge in [-0.25, -0.2) is 13.2 Å². The zero-order chi connectivity index (χ0) is 12.2. The topological polar surface area (TPSA) is 0 Å². The molecular formula is C13H21F3. The van der Waals surface area contributed by atoms with Crippen molar-refractivity contribution in [3.8, 4) is 0 Å². The molecule has 0 aliphatic heterocycles.